The standard InChI is InChI=1S/C22H23N3O3/c26-21(27)14-25-10-8-15(9-11-25)22(28)23-18-6-3-5-16(12-18)20-13-17-4-1-2-7-19(17)24-20/h1-7,12-13,15,24H,8-11,14H2,(H,23,28)(H,26,27). The fourth-order valence-electron chi connectivity index (χ4n) is 3.78. The monoisotopic (exact) mass is 377 g/mol. The Bertz CT molecular complexity index is 970. The summed E-state index contributed by atoms with van der Waals surface area (Å²) in [5.41, 5.74) is 3.89. The molecule has 0 saturated carbocycles. The van der Waals surface area contributed by atoms with E-state index in [0.29, 0.717) is 25.9 Å². The van der Waals surface area contributed by atoms with E-state index in [2.05, 4.69) is 22.4 Å². The van der Waals surface area contributed by atoms with Gasteiger partial charge in [-0.25, -0.2) is 0 Å². The Morgan fingerprint density at radius 2 is 1.86 bits per heavy atom. The summed E-state index contributed by atoms with van der Waals surface area (Å²) in [6, 6.07) is 18.1. The summed E-state index contributed by atoms with van der Waals surface area (Å²) in [6.07, 6.45) is 1.36. The number of para-hydroxylation sites is 1. The molecular formula is C22H23N3O3. The van der Waals surface area contributed by atoms with Crippen molar-refractivity contribution in [3.05, 3.63) is 54.6 Å². The van der Waals surface area contributed by atoms with Gasteiger partial charge in [0.05, 0.1) is 6.54 Å². The van der Waals surface area contributed by atoms with Gasteiger partial charge in [0.2, 0.25) is 5.91 Å². The first kappa shape index (κ1) is 18.3. The molecule has 3 aromatic rings. The molecule has 1 amide bonds. The van der Waals surface area contributed by atoms with E-state index in [9.17, 15) is 9.59 Å². The van der Waals surface area contributed by atoms with Gasteiger partial charge in [-0.2, -0.15) is 0 Å². The highest BCUT2D eigenvalue weighted by Gasteiger charge is 2.25. The summed E-state index contributed by atoms with van der Waals surface area (Å²) in [5.74, 6) is -0.901. The summed E-state index contributed by atoms with van der Waals surface area (Å²) >= 11 is 0. The first-order chi connectivity index (χ1) is 13.6. The number of piperidine rings is 1. The molecule has 1 saturated heterocycles. The molecule has 4 rings (SSSR count). The van der Waals surface area contributed by atoms with Gasteiger partial charge in [0, 0.05) is 33.8 Å². The molecule has 0 bridgehead atoms. The predicted molar refractivity (Wildman–Crippen MR) is 109 cm³/mol. The first-order valence-corrected chi connectivity index (χ1v) is 9.52. The summed E-state index contributed by atoms with van der Waals surface area (Å²) in [5, 5.41) is 13.1. The van der Waals surface area contributed by atoms with E-state index < -0.39 is 5.97 Å². The van der Waals surface area contributed by atoms with Gasteiger partial charge in [0.1, 0.15) is 0 Å². The van der Waals surface area contributed by atoms with E-state index in [1.165, 1.54) is 0 Å². The highest BCUT2D eigenvalue weighted by Crippen LogP contribution is 2.27. The molecule has 1 aliphatic heterocycles. The van der Waals surface area contributed by atoms with Crippen LogP contribution >= 0.6 is 0 Å². The molecule has 0 aliphatic carbocycles. The number of carbonyl (C=O) groups excluding carboxylic acids is 1. The van der Waals surface area contributed by atoms with Gasteiger partial charge in [-0.05, 0) is 50.2 Å². The van der Waals surface area contributed by atoms with Gasteiger partial charge in [-0.3, -0.25) is 14.5 Å². The molecule has 0 atom stereocenters. The zero-order chi connectivity index (χ0) is 19.5. The number of rotatable bonds is 5. The Morgan fingerprint density at radius 3 is 2.61 bits per heavy atom. The lowest BCUT2D eigenvalue weighted by molar-refractivity contribution is -0.138. The van der Waals surface area contributed by atoms with Crippen LogP contribution in [0.5, 0.6) is 0 Å². The highest BCUT2D eigenvalue weighted by molar-refractivity contribution is 5.93. The van der Waals surface area contributed by atoms with E-state index in [1.54, 1.807) is 0 Å². The number of hydrogen-bond acceptors (Lipinski definition) is 3. The molecule has 0 radical (unpaired) electrons. The van der Waals surface area contributed by atoms with Crippen LogP contribution in [0.3, 0.4) is 0 Å². The second kappa shape index (κ2) is 7.86. The Hall–Kier alpha value is -3.12. The molecule has 2 aromatic carbocycles. The number of carbonyl (C=O) groups is 2. The van der Waals surface area contributed by atoms with Gasteiger partial charge >= 0.3 is 5.97 Å². The van der Waals surface area contributed by atoms with Crippen molar-refractivity contribution < 1.29 is 14.7 Å². The second-order valence-electron chi connectivity index (χ2n) is 7.28. The van der Waals surface area contributed by atoms with Crippen LogP contribution in [0.4, 0.5) is 5.69 Å². The largest absolute Gasteiger partial charge is 0.480 e. The van der Waals surface area contributed by atoms with Crippen molar-refractivity contribution in [2.75, 3.05) is 25.0 Å². The maximum atomic E-state index is 12.6. The van der Waals surface area contributed by atoms with Gasteiger partial charge in [-0.15, -0.1) is 0 Å². The molecule has 6 heteroatoms. The number of hydrogen-bond donors (Lipinski definition) is 3. The van der Waals surface area contributed by atoms with E-state index >= 15 is 0 Å². The predicted octanol–water partition coefficient (Wildman–Crippen LogP) is 3.57. The maximum absolute atomic E-state index is 12.6. The maximum Gasteiger partial charge on any atom is 0.317 e. The summed E-state index contributed by atoms with van der Waals surface area (Å²) in [4.78, 5) is 28.7. The minimum atomic E-state index is -0.823. The third-order valence-corrected chi connectivity index (χ3v) is 5.29. The fourth-order valence-corrected chi connectivity index (χ4v) is 3.78. The van der Waals surface area contributed by atoms with Crippen LogP contribution in [-0.4, -0.2) is 46.5 Å². The quantitative estimate of drug-likeness (QED) is 0.635. The molecule has 0 spiro atoms. The number of anilines is 1. The van der Waals surface area contributed by atoms with Gasteiger partial charge in [0.15, 0.2) is 0 Å². The Labute approximate surface area is 163 Å². The number of carboxylic acid groups (broad SMARTS) is 1. The first-order valence-electron chi connectivity index (χ1n) is 9.52. The van der Waals surface area contributed by atoms with Crippen LogP contribution in [0.25, 0.3) is 22.2 Å². The number of aliphatic carboxylic acids is 1. The van der Waals surface area contributed by atoms with Crippen molar-refractivity contribution in [2.45, 2.75) is 12.8 Å². The number of benzene rings is 2. The number of nitrogens with one attached hydrogen (secondary N) is 2. The normalized spacial score (nSPS) is 15.6. The van der Waals surface area contributed by atoms with E-state index in [-0.39, 0.29) is 18.4 Å². The summed E-state index contributed by atoms with van der Waals surface area (Å²) in [7, 11) is 0. The molecule has 0 unspecified atom stereocenters. The van der Waals surface area contributed by atoms with Gasteiger partial charge < -0.3 is 15.4 Å². The number of carboxylic acids is 1. The topological polar surface area (TPSA) is 85.4 Å². The minimum Gasteiger partial charge on any atom is -0.480 e. The van der Waals surface area contributed by atoms with E-state index in [0.717, 1.165) is 27.8 Å². The SMILES string of the molecule is O=C(O)CN1CCC(C(=O)Nc2cccc(-c3cc4ccccc4[nH]3)c2)CC1. The molecular weight excluding hydrogens is 354 g/mol. The average molecular weight is 377 g/mol. The van der Waals surface area contributed by atoms with E-state index in [1.807, 2.05) is 47.4 Å². The second-order valence-corrected chi connectivity index (χ2v) is 7.28. The van der Waals surface area contributed by atoms with Crippen LogP contribution in [0.1, 0.15) is 12.8 Å². The molecule has 6 nitrogen and oxygen atoms in total. The summed E-state index contributed by atoms with van der Waals surface area (Å²) < 4.78 is 0. The van der Waals surface area contributed by atoms with Crippen molar-refractivity contribution in [1.82, 2.24) is 9.88 Å². The molecule has 2 heterocycles. The van der Waals surface area contributed by atoms with Gasteiger partial charge in [0.25, 0.3) is 0 Å². The number of nitrogens with zero attached hydrogens (tertiary/aromatic N) is 1. The summed E-state index contributed by atoms with van der Waals surface area (Å²) in [6.45, 7) is 1.32. The number of H-pyrrole nitrogens is 1. The van der Waals surface area contributed by atoms with Gasteiger partial charge in [-0.1, -0.05) is 30.3 Å². The Kier molecular flexibility index (Phi) is 5.12. The number of fused-ring (bicyclic) bond motifs is 1. The van der Waals surface area contributed by atoms with Crippen molar-refractivity contribution >= 4 is 28.5 Å². The van der Waals surface area contributed by atoms with Crippen LogP contribution in [0.15, 0.2) is 54.6 Å². The average Bonchev–Trinajstić information content (AvgIpc) is 3.12. The molecule has 1 fully saturated rings. The van der Waals surface area contributed by atoms with Crippen LogP contribution in [0, 0.1) is 5.92 Å². The van der Waals surface area contributed by atoms with Crippen molar-refractivity contribution in [3.8, 4) is 11.3 Å². The smallest absolute Gasteiger partial charge is 0.317 e. The lowest BCUT2D eigenvalue weighted by Crippen LogP contribution is -2.40. The van der Waals surface area contributed by atoms with Crippen LogP contribution < -0.4 is 5.32 Å². The van der Waals surface area contributed by atoms with Crippen LogP contribution in [0.2, 0.25) is 0 Å². The molecule has 1 aliphatic rings. The third kappa shape index (κ3) is 4.07. The minimum absolute atomic E-state index is 0.00349. The molecule has 144 valence electrons. The van der Waals surface area contributed by atoms with Crippen molar-refractivity contribution in [3.63, 3.8) is 0 Å². The lowest BCUT2D eigenvalue weighted by Gasteiger charge is -2.30. The fraction of sp³-hybridized carbons (Fsp3) is 0.273. The number of likely N-dealkylation sites (tertiary alicyclic amines) is 1. The highest BCUT2D eigenvalue weighted by atomic mass is 16.4. The Balaban J connectivity index is 1.42. The van der Waals surface area contributed by atoms with E-state index in [4.69, 9.17) is 5.11 Å². The molecule has 3 N–H and O–H groups in total. The zero-order valence-electron chi connectivity index (χ0n) is 15.5. The zero-order valence-corrected chi connectivity index (χ0v) is 15.5. The Morgan fingerprint density at radius 1 is 1.07 bits per heavy atom. The van der Waals surface area contributed by atoms with Crippen LogP contribution in [-0.2, 0) is 9.59 Å². The number of aromatic nitrogens is 1. The molecule has 28 heavy (non-hydrogen) atoms. The number of amides is 1. The lowest BCUT2D eigenvalue weighted by atomic mass is 9.95. The molecule has 1 aromatic heterocycles. The van der Waals surface area contributed by atoms with Crippen molar-refractivity contribution in [1.29, 1.82) is 0 Å². The third-order valence-electron chi connectivity index (χ3n) is 5.29. The van der Waals surface area contributed by atoms with Crippen molar-refractivity contribution in [2.24, 2.45) is 5.92 Å². The number of aromatic amines is 1.